The van der Waals surface area contributed by atoms with E-state index in [0.717, 1.165) is 38.3 Å². The third-order valence-corrected chi connectivity index (χ3v) is 5.69. The number of carboxylic acid groups (broad SMARTS) is 2. The van der Waals surface area contributed by atoms with E-state index < -0.39 is 11.9 Å². The topological polar surface area (TPSA) is 118 Å². The van der Waals surface area contributed by atoms with Gasteiger partial charge in [0.05, 0.1) is 0 Å². The number of benzene rings is 2. The normalized spacial score (nSPS) is 18.5. The van der Waals surface area contributed by atoms with Crippen LogP contribution < -0.4 is 0 Å². The average molecular weight is 456 g/mol. The van der Waals surface area contributed by atoms with Gasteiger partial charge in [0.15, 0.2) is 0 Å². The molecular weight excluding hydrogens is 422 g/mol. The summed E-state index contributed by atoms with van der Waals surface area (Å²) in [4.78, 5) is 21.7. The Hall–Kier alpha value is -3.16. The molecule has 0 amide bonds. The SMILES string of the molecule is O=C(O)C=CC(=O)O.OCCCN1CC[C@H](Cc2ccccc2)C[C@@H]1Cc1ccc(O)cc1. The zero-order valence-electron chi connectivity index (χ0n) is 18.7. The van der Waals surface area contributed by atoms with Crippen LogP contribution in [0.2, 0.25) is 0 Å². The van der Waals surface area contributed by atoms with Crippen LogP contribution in [0.15, 0.2) is 66.7 Å². The summed E-state index contributed by atoms with van der Waals surface area (Å²) < 4.78 is 0. The van der Waals surface area contributed by atoms with Crippen LogP contribution in [0.25, 0.3) is 0 Å². The second kappa shape index (κ2) is 14.1. The maximum Gasteiger partial charge on any atom is 0.328 e. The van der Waals surface area contributed by atoms with Crippen molar-refractivity contribution in [3.63, 3.8) is 0 Å². The van der Waals surface area contributed by atoms with E-state index in [1.807, 2.05) is 12.1 Å². The Morgan fingerprint density at radius 2 is 1.52 bits per heavy atom. The summed E-state index contributed by atoms with van der Waals surface area (Å²) in [5.41, 5.74) is 2.71. The first kappa shape index (κ1) is 26.1. The molecule has 0 radical (unpaired) electrons. The van der Waals surface area contributed by atoms with Gasteiger partial charge in [0.1, 0.15) is 5.75 Å². The lowest BCUT2D eigenvalue weighted by Crippen LogP contribution is -2.44. The second-order valence-corrected chi connectivity index (χ2v) is 8.23. The first-order valence-electron chi connectivity index (χ1n) is 11.2. The predicted molar refractivity (Wildman–Crippen MR) is 126 cm³/mol. The minimum Gasteiger partial charge on any atom is -0.508 e. The summed E-state index contributed by atoms with van der Waals surface area (Å²) in [6, 6.07) is 18.9. The summed E-state index contributed by atoms with van der Waals surface area (Å²) in [7, 11) is 0. The molecule has 0 aromatic heterocycles. The van der Waals surface area contributed by atoms with Crippen LogP contribution in [0, 0.1) is 5.92 Å². The van der Waals surface area contributed by atoms with Gasteiger partial charge in [-0.05, 0) is 67.8 Å². The highest BCUT2D eigenvalue weighted by atomic mass is 16.4. The minimum atomic E-state index is -1.26. The van der Waals surface area contributed by atoms with E-state index >= 15 is 0 Å². The Bertz CT molecular complexity index is 865. The van der Waals surface area contributed by atoms with E-state index in [9.17, 15) is 19.8 Å². The smallest absolute Gasteiger partial charge is 0.328 e. The molecule has 3 rings (SSSR count). The lowest BCUT2D eigenvalue weighted by Gasteiger charge is -2.40. The van der Waals surface area contributed by atoms with Crippen molar-refractivity contribution in [2.45, 2.75) is 38.1 Å². The number of hydrogen-bond donors (Lipinski definition) is 4. The van der Waals surface area contributed by atoms with Gasteiger partial charge in [-0.2, -0.15) is 0 Å². The number of carboxylic acids is 2. The number of aliphatic hydroxyl groups excluding tert-OH is 1. The highest BCUT2D eigenvalue weighted by Gasteiger charge is 2.28. The fourth-order valence-corrected chi connectivity index (χ4v) is 4.14. The Morgan fingerprint density at radius 3 is 2.09 bits per heavy atom. The largest absolute Gasteiger partial charge is 0.508 e. The van der Waals surface area contributed by atoms with Crippen LogP contribution in [-0.2, 0) is 22.4 Å². The molecule has 2 aromatic rings. The number of rotatable bonds is 9. The molecule has 1 fully saturated rings. The van der Waals surface area contributed by atoms with Crippen molar-refractivity contribution in [1.29, 1.82) is 0 Å². The van der Waals surface area contributed by atoms with Crippen LogP contribution in [0.1, 0.15) is 30.4 Å². The van der Waals surface area contributed by atoms with Crippen molar-refractivity contribution in [3.05, 3.63) is 77.9 Å². The van der Waals surface area contributed by atoms with Gasteiger partial charge in [0.2, 0.25) is 0 Å². The molecule has 1 aliphatic heterocycles. The van der Waals surface area contributed by atoms with Crippen LogP contribution in [0.3, 0.4) is 0 Å². The third kappa shape index (κ3) is 10.3. The van der Waals surface area contributed by atoms with Crippen molar-refractivity contribution in [1.82, 2.24) is 4.90 Å². The Kier molecular flexibility index (Phi) is 11.1. The fraction of sp³-hybridized carbons (Fsp3) is 0.385. The Balaban J connectivity index is 0.000000414. The molecule has 2 aromatic carbocycles. The number of phenols is 1. The molecule has 7 nitrogen and oxygen atoms in total. The first-order chi connectivity index (χ1) is 15.9. The number of nitrogens with zero attached hydrogens (tertiary/aromatic N) is 1. The molecule has 7 heteroatoms. The van der Waals surface area contributed by atoms with Gasteiger partial charge in [-0.15, -0.1) is 0 Å². The molecule has 2 atom stereocenters. The Labute approximate surface area is 194 Å². The standard InChI is InChI=1S/C22H29NO2.C4H4O4/c24-14-4-12-23-13-11-20(15-18-5-2-1-3-6-18)17-21(23)16-19-7-9-22(25)10-8-19;5-3(6)1-2-4(7)8/h1-3,5-10,20-21,24-25H,4,11-17H2;1-2H,(H,5,6)(H,7,8)/t20-,21+;/m1./s1. The molecule has 33 heavy (non-hydrogen) atoms. The van der Waals surface area contributed by atoms with Crippen molar-refractivity contribution in [3.8, 4) is 5.75 Å². The van der Waals surface area contributed by atoms with E-state index in [-0.39, 0.29) is 6.61 Å². The molecule has 0 unspecified atom stereocenters. The molecule has 4 N–H and O–H groups in total. The number of aliphatic hydroxyl groups is 1. The zero-order chi connectivity index (χ0) is 24.1. The molecule has 0 bridgehead atoms. The molecule has 1 heterocycles. The molecule has 178 valence electrons. The molecule has 0 saturated carbocycles. The van der Waals surface area contributed by atoms with Crippen LogP contribution in [0.4, 0.5) is 0 Å². The van der Waals surface area contributed by atoms with E-state index in [2.05, 4.69) is 35.2 Å². The number of hydrogen-bond acceptors (Lipinski definition) is 5. The van der Waals surface area contributed by atoms with Gasteiger partial charge in [-0.3, -0.25) is 4.90 Å². The van der Waals surface area contributed by atoms with E-state index in [4.69, 9.17) is 10.2 Å². The van der Waals surface area contributed by atoms with Crippen LogP contribution in [0.5, 0.6) is 5.75 Å². The number of aromatic hydroxyl groups is 1. The van der Waals surface area contributed by atoms with Gasteiger partial charge in [-0.1, -0.05) is 42.5 Å². The zero-order valence-corrected chi connectivity index (χ0v) is 18.7. The van der Waals surface area contributed by atoms with E-state index in [1.54, 1.807) is 12.1 Å². The van der Waals surface area contributed by atoms with Gasteiger partial charge in [0.25, 0.3) is 0 Å². The van der Waals surface area contributed by atoms with Crippen LogP contribution in [-0.4, -0.2) is 63.0 Å². The van der Waals surface area contributed by atoms with Crippen molar-refractivity contribution >= 4 is 11.9 Å². The van der Waals surface area contributed by atoms with E-state index in [1.165, 1.54) is 24.0 Å². The lowest BCUT2D eigenvalue weighted by molar-refractivity contribution is -0.134. The monoisotopic (exact) mass is 455 g/mol. The third-order valence-electron chi connectivity index (χ3n) is 5.69. The highest BCUT2D eigenvalue weighted by Crippen LogP contribution is 2.28. The number of carbonyl (C=O) groups is 2. The number of aliphatic carboxylic acids is 2. The molecule has 0 aliphatic carbocycles. The van der Waals surface area contributed by atoms with Crippen molar-refractivity contribution < 1.29 is 30.0 Å². The summed E-state index contributed by atoms with van der Waals surface area (Å²) >= 11 is 0. The second-order valence-electron chi connectivity index (χ2n) is 8.23. The van der Waals surface area contributed by atoms with Crippen LogP contribution >= 0.6 is 0 Å². The lowest BCUT2D eigenvalue weighted by atomic mass is 9.83. The average Bonchev–Trinajstić information content (AvgIpc) is 2.80. The maximum atomic E-state index is 9.55. The van der Waals surface area contributed by atoms with Gasteiger partial charge < -0.3 is 20.4 Å². The maximum absolute atomic E-state index is 9.55. The molecular formula is C26H33NO6. The summed E-state index contributed by atoms with van der Waals surface area (Å²) in [6.07, 6.45) is 6.55. The number of phenolic OH excluding ortho intramolecular Hbond substituents is 1. The summed E-state index contributed by atoms with van der Waals surface area (Å²) in [6.45, 7) is 2.34. The molecule has 1 saturated heterocycles. The fourth-order valence-electron chi connectivity index (χ4n) is 4.14. The predicted octanol–water partition coefficient (Wildman–Crippen LogP) is 3.35. The first-order valence-corrected chi connectivity index (χ1v) is 11.2. The molecule has 0 spiro atoms. The minimum absolute atomic E-state index is 0.260. The highest BCUT2D eigenvalue weighted by molar-refractivity contribution is 5.89. The number of likely N-dealkylation sites (tertiary alicyclic amines) is 1. The van der Waals surface area contributed by atoms with Crippen molar-refractivity contribution in [2.24, 2.45) is 5.92 Å². The van der Waals surface area contributed by atoms with Gasteiger partial charge >= 0.3 is 11.9 Å². The quantitative estimate of drug-likeness (QED) is 0.428. The van der Waals surface area contributed by atoms with Gasteiger partial charge in [0, 0.05) is 31.3 Å². The molecule has 1 aliphatic rings. The summed E-state index contributed by atoms with van der Waals surface area (Å²) in [5.74, 6) is -1.47. The number of piperidine rings is 1. The van der Waals surface area contributed by atoms with E-state index in [0.29, 0.717) is 23.9 Å². The Morgan fingerprint density at radius 1 is 0.909 bits per heavy atom. The summed E-state index contributed by atoms with van der Waals surface area (Å²) in [5, 5.41) is 34.3. The van der Waals surface area contributed by atoms with Gasteiger partial charge in [-0.25, -0.2) is 9.59 Å². The van der Waals surface area contributed by atoms with Crippen molar-refractivity contribution in [2.75, 3.05) is 19.7 Å².